The maximum Gasteiger partial charge on any atom is 0.407 e. The molecule has 16 heteroatoms. The Kier molecular flexibility index (Phi) is 27.2. The highest BCUT2D eigenvalue weighted by Crippen LogP contribution is 2.44. The molecule has 344 valence electrons. The minimum Gasteiger partial charge on any atom is -0.491 e. The maximum atomic E-state index is 12.3. The lowest BCUT2D eigenvalue weighted by molar-refractivity contribution is -0.114. The molecule has 4 rings (SSSR count). The predicted octanol–water partition coefficient (Wildman–Crippen LogP) is 5.12. The molecular weight excluding hydrogens is 805 g/mol. The average Bonchev–Trinajstić information content (AvgIpc) is 3.60. The fraction of sp³-hybridized carbons (Fsp3) is 0.565. The Balaban J connectivity index is 0.771. The van der Waals surface area contributed by atoms with Crippen molar-refractivity contribution >= 4 is 17.7 Å². The van der Waals surface area contributed by atoms with Gasteiger partial charge in [0.25, 0.3) is 0 Å². The van der Waals surface area contributed by atoms with Crippen molar-refractivity contribution in [3.05, 3.63) is 83.9 Å². The Labute approximate surface area is 366 Å². The Hall–Kier alpha value is -4.20. The van der Waals surface area contributed by atoms with Crippen LogP contribution in [-0.4, -0.2) is 164 Å². The van der Waals surface area contributed by atoms with Crippen molar-refractivity contribution in [3.8, 4) is 16.9 Å². The predicted molar refractivity (Wildman–Crippen MR) is 232 cm³/mol. The van der Waals surface area contributed by atoms with Crippen LogP contribution in [-0.2, 0) is 56.9 Å². The van der Waals surface area contributed by atoms with Gasteiger partial charge in [0.05, 0.1) is 126 Å². The highest BCUT2D eigenvalue weighted by molar-refractivity contribution is 5.88. The first-order chi connectivity index (χ1) is 30.6. The third-order valence-corrected chi connectivity index (χ3v) is 9.10. The van der Waals surface area contributed by atoms with Crippen molar-refractivity contribution in [2.75, 3.05) is 157 Å². The first kappa shape index (κ1) is 50.4. The third-order valence-electron chi connectivity index (χ3n) is 9.10. The van der Waals surface area contributed by atoms with Crippen LogP contribution in [0.3, 0.4) is 0 Å². The Morgan fingerprint density at radius 1 is 0.468 bits per heavy atom. The summed E-state index contributed by atoms with van der Waals surface area (Å²) in [6, 6.07) is 23.7. The number of rotatable bonds is 38. The van der Waals surface area contributed by atoms with Crippen molar-refractivity contribution in [2.45, 2.75) is 19.3 Å². The molecule has 3 aromatic carbocycles. The highest BCUT2D eigenvalue weighted by Gasteiger charge is 2.29. The molecule has 0 aromatic heterocycles. The number of fused-ring (bicyclic) bond motifs is 3. The van der Waals surface area contributed by atoms with Gasteiger partial charge in [-0.05, 0) is 52.9 Å². The second-order valence-electron chi connectivity index (χ2n) is 13.8. The van der Waals surface area contributed by atoms with Crippen LogP contribution in [0.1, 0.15) is 30.4 Å². The average molecular weight is 871 g/mol. The summed E-state index contributed by atoms with van der Waals surface area (Å²) in [6.07, 6.45) is 0.260. The molecule has 0 radical (unpaired) electrons. The van der Waals surface area contributed by atoms with E-state index in [1.54, 1.807) is 24.3 Å². The second-order valence-corrected chi connectivity index (χ2v) is 13.8. The van der Waals surface area contributed by atoms with E-state index >= 15 is 0 Å². The summed E-state index contributed by atoms with van der Waals surface area (Å²) in [4.78, 5) is 23.4. The molecule has 62 heavy (non-hydrogen) atoms. The first-order valence-corrected chi connectivity index (χ1v) is 21.5. The van der Waals surface area contributed by atoms with Gasteiger partial charge in [0.1, 0.15) is 19.0 Å². The number of hydrogen-bond acceptors (Lipinski definition) is 14. The molecule has 0 aliphatic heterocycles. The number of carbonyl (C=O) groups excluding carboxylic acids is 2. The fourth-order valence-electron chi connectivity index (χ4n) is 6.15. The molecule has 0 bridgehead atoms. The monoisotopic (exact) mass is 870 g/mol. The first-order valence-electron chi connectivity index (χ1n) is 21.5. The molecule has 1 aliphatic rings. The number of anilines is 1. The second kappa shape index (κ2) is 33.4. The zero-order chi connectivity index (χ0) is 43.6. The van der Waals surface area contributed by atoms with Gasteiger partial charge in [-0.1, -0.05) is 48.5 Å². The number of amides is 2. The minimum absolute atomic E-state index is 0.0449. The molecule has 2 N–H and O–H groups in total. The van der Waals surface area contributed by atoms with Crippen molar-refractivity contribution in [2.24, 2.45) is 0 Å². The van der Waals surface area contributed by atoms with E-state index in [9.17, 15) is 9.59 Å². The van der Waals surface area contributed by atoms with E-state index in [1.807, 2.05) is 24.3 Å². The van der Waals surface area contributed by atoms with Gasteiger partial charge in [-0.25, -0.2) is 4.79 Å². The topological polar surface area (TPSA) is 169 Å². The van der Waals surface area contributed by atoms with Crippen LogP contribution in [0.25, 0.3) is 11.1 Å². The van der Waals surface area contributed by atoms with Crippen LogP contribution in [0.2, 0.25) is 0 Å². The van der Waals surface area contributed by atoms with Gasteiger partial charge in [-0.2, -0.15) is 0 Å². The summed E-state index contributed by atoms with van der Waals surface area (Å²) in [5, 5.41) is 5.52. The van der Waals surface area contributed by atoms with Crippen LogP contribution >= 0.6 is 0 Å². The van der Waals surface area contributed by atoms with Crippen molar-refractivity contribution < 1.29 is 66.4 Å². The quantitative estimate of drug-likeness (QED) is 0.0729. The molecule has 1 aliphatic carbocycles. The third kappa shape index (κ3) is 22.2. The zero-order valence-corrected chi connectivity index (χ0v) is 36.2. The Morgan fingerprint density at radius 2 is 0.839 bits per heavy atom. The summed E-state index contributed by atoms with van der Waals surface area (Å²) >= 11 is 0. The van der Waals surface area contributed by atoms with E-state index < -0.39 is 6.09 Å². The van der Waals surface area contributed by atoms with Crippen LogP contribution < -0.4 is 15.4 Å². The van der Waals surface area contributed by atoms with Gasteiger partial charge >= 0.3 is 6.09 Å². The largest absolute Gasteiger partial charge is 0.491 e. The molecule has 0 saturated carbocycles. The number of carbonyl (C=O) groups is 2. The molecule has 0 fully saturated rings. The van der Waals surface area contributed by atoms with Crippen LogP contribution in [0, 0.1) is 0 Å². The van der Waals surface area contributed by atoms with E-state index in [0.717, 1.165) is 5.69 Å². The van der Waals surface area contributed by atoms with Gasteiger partial charge < -0.3 is 67.5 Å². The molecule has 0 heterocycles. The number of hydrogen-bond donors (Lipinski definition) is 2. The van der Waals surface area contributed by atoms with Crippen molar-refractivity contribution in [1.29, 1.82) is 0 Å². The summed E-state index contributed by atoms with van der Waals surface area (Å²) in [6.45, 7) is 12.3. The van der Waals surface area contributed by atoms with Gasteiger partial charge in [0, 0.05) is 31.7 Å². The SMILES string of the molecule is CC(=O)Nc1ccc(OCCOCCOCCOCCOCCOCCOCCOCCOCCOCCOCCCNC(=O)OCC2c3ccccc3-c3ccccc32)cc1. The molecule has 2 amide bonds. The van der Waals surface area contributed by atoms with Gasteiger partial charge in [-0.15, -0.1) is 0 Å². The van der Waals surface area contributed by atoms with E-state index in [1.165, 1.54) is 29.2 Å². The van der Waals surface area contributed by atoms with Crippen LogP contribution in [0.15, 0.2) is 72.8 Å². The number of nitrogens with one attached hydrogen (secondary N) is 2. The number of alkyl carbamates (subject to hydrolysis) is 1. The van der Waals surface area contributed by atoms with E-state index in [4.69, 9.17) is 56.8 Å². The molecule has 0 atom stereocenters. The Bertz CT molecular complexity index is 1570. The van der Waals surface area contributed by atoms with Gasteiger partial charge in [0.2, 0.25) is 5.91 Å². The lowest BCUT2D eigenvalue weighted by Crippen LogP contribution is -2.27. The van der Waals surface area contributed by atoms with E-state index in [0.29, 0.717) is 164 Å². The van der Waals surface area contributed by atoms with Gasteiger partial charge in [-0.3, -0.25) is 4.79 Å². The zero-order valence-electron chi connectivity index (χ0n) is 36.2. The molecular formula is C46H66N2O14. The standard InChI is InChI=1S/C46H66N2O14/c1-38(49)48-39-11-13-40(14-12-39)61-36-35-60-34-33-59-32-31-58-30-29-57-28-27-56-26-25-55-24-23-54-22-21-53-20-19-52-18-17-51-16-6-15-47-46(50)62-37-45-43-9-4-2-7-41(43)42-8-3-5-10-44(42)45/h2-5,7-14,45H,6,15-37H2,1H3,(H,47,50)(H,48,49). The summed E-state index contributed by atoms with van der Waals surface area (Å²) in [5.41, 5.74) is 5.52. The molecule has 0 saturated heterocycles. The highest BCUT2D eigenvalue weighted by atomic mass is 16.6. The molecule has 0 spiro atoms. The van der Waals surface area contributed by atoms with Crippen molar-refractivity contribution in [3.63, 3.8) is 0 Å². The molecule has 3 aromatic rings. The smallest absolute Gasteiger partial charge is 0.407 e. The van der Waals surface area contributed by atoms with E-state index in [2.05, 4.69) is 34.9 Å². The van der Waals surface area contributed by atoms with E-state index in [-0.39, 0.29) is 11.8 Å². The minimum atomic E-state index is -0.419. The maximum absolute atomic E-state index is 12.3. The normalized spacial score (nSPS) is 12.0. The summed E-state index contributed by atoms with van der Waals surface area (Å²) in [7, 11) is 0. The van der Waals surface area contributed by atoms with Gasteiger partial charge in [0.15, 0.2) is 0 Å². The summed E-state index contributed by atoms with van der Waals surface area (Å²) < 4.78 is 66.4. The number of ether oxygens (including phenoxy) is 12. The van der Waals surface area contributed by atoms with Crippen LogP contribution in [0.5, 0.6) is 5.75 Å². The lowest BCUT2D eigenvalue weighted by Gasteiger charge is -2.14. The Morgan fingerprint density at radius 3 is 1.24 bits per heavy atom. The molecule has 16 nitrogen and oxygen atoms in total. The van der Waals surface area contributed by atoms with Crippen LogP contribution in [0.4, 0.5) is 10.5 Å². The summed E-state index contributed by atoms with van der Waals surface area (Å²) in [5.74, 6) is 0.645. The van der Waals surface area contributed by atoms with Crippen molar-refractivity contribution in [1.82, 2.24) is 5.32 Å². The number of benzene rings is 3. The molecule has 0 unspecified atom stereocenters. The lowest BCUT2D eigenvalue weighted by atomic mass is 9.98. The fourth-order valence-corrected chi connectivity index (χ4v) is 6.15.